The minimum Gasteiger partial charge on any atom is -0.396 e. The van der Waals surface area contributed by atoms with Crippen molar-refractivity contribution in [2.75, 3.05) is 6.61 Å². The fourth-order valence-electron chi connectivity index (χ4n) is 1.87. The van der Waals surface area contributed by atoms with Gasteiger partial charge in [-0.15, -0.1) is 0 Å². The van der Waals surface area contributed by atoms with Gasteiger partial charge >= 0.3 is 0 Å². The standard InChI is InChI=1S/C9H18O2/c10-8-4-7-9(11)5-2-1-3-6-9/h10-11H,1-8H2. The number of aliphatic hydroxyl groups excluding tert-OH is 1. The van der Waals surface area contributed by atoms with E-state index in [1.807, 2.05) is 0 Å². The molecule has 11 heavy (non-hydrogen) atoms. The van der Waals surface area contributed by atoms with Gasteiger partial charge in [-0.3, -0.25) is 0 Å². The van der Waals surface area contributed by atoms with Crippen LogP contribution < -0.4 is 0 Å². The molecule has 2 nitrogen and oxygen atoms in total. The van der Waals surface area contributed by atoms with E-state index in [1.54, 1.807) is 0 Å². The summed E-state index contributed by atoms with van der Waals surface area (Å²) in [6.07, 6.45) is 6.98. The quantitative estimate of drug-likeness (QED) is 0.652. The van der Waals surface area contributed by atoms with Crippen LogP contribution in [0.2, 0.25) is 0 Å². The predicted octanol–water partition coefficient (Wildman–Crippen LogP) is 1.45. The van der Waals surface area contributed by atoms with Crippen molar-refractivity contribution in [1.82, 2.24) is 0 Å². The molecule has 0 aromatic carbocycles. The molecule has 1 aliphatic carbocycles. The highest BCUT2D eigenvalue weighted by molar-refractivity contribution is 4.81. The van der Waals surface area contributed by atoms with E-state index in [-0.39, 0.29) is 6.61 Å². The van der Waals surface area contributed by atoms with Gasteiger partial charge in [0.1, 0.15) is 0 Å². The first-order valence-corrected chi connectivity index (χ1v) is 4.60. The maximum Gasteiger partial charge on any atom is 0.0648 e. The lowest BCUT2D eigenvalue weighted by Gasteiger charge is -2.31. The van der Waals surface area contributed by atoms with Crippen LogP contribution in [0.25, 0.3) is 0 Å². The molecule has 1 rings (SSSR count). The van der Waals surface area contributed by atoms with Gasteiger partial charge in [0.15, 0.2) is 0 Å². The molecular formula is C9H18O2. The monoisotopic (exact) mass is 158 g/mol. The van der Waals surface area contributed by atoms with Crippen LogP contribution in [0, 0.1) is 0 Å². The van der Waals surface area contributed by atoms with Crippen LogP contribution in [-0.2, 0) is 0 Å². The van der Waals surface area contributed by atoms with Gasteiger partial charge in [-0.25, -0.2) is 0 Å². The summed E-state index contributed by atoms with van der Waals surface area (Å²) in [6.45, 7) is 0.211. The van der Waals surface area contributed by atoms with Gasteiger partial charge in [-0.1, -0.05) is 19.3 Å². The van der Waals surface area contributed by atoms with Crippen molar-refractivity contribution in [3.63, 3.8) is 0 Å². The van der Waals surface area contributed by atoms with Crippen molar-refractivity contribution in [1.29, 1.82) is 0 Å². The molecule has 0 atom stereocenters. The van der Waals surface area contributed by atoms with Gasteiger partial charge in [-0.05, 0) is 25.7 Å². The SMILES string of the molecule is OCCCC1(O)CCCCC1. The van der Waals surface area contributed by atoms with Crippen molar-refractivity contribution in [3.8, 4) is 0 Å². The van der Waals surface area contributed by atoms with Crippen molar-refractivity contribution in [3.05, 3.63) is 0 Å². The molecular weight excluding hydrogens is 140 g/mol. The average molecular weight is 158 g/mol. The molecule has 2 heteroatoms. The van der Waals surface area contributed by atoms with E-state index in [9.17, 15) is 5.11 Å². The van der Waals surface area contributed by atoms with Crippen LogP contribution >= 0.6 is 0 Å². The minimum atomic E-state index is -0.430. The Hall–Kier alpha value is -0.0800. The summed E-state index contributed by atoms with van der Waals surface area (Å²) in [6, 6.07) is 0. The number of hydrogen-bond acceptors (Lipinski definition) is 2. The van der Waals surface area contributed by atoms with Crippen molar-refractivity contribution >= 4 is 0 Å². The molecule has 0 aromatic heterocycles. The van der Waals surface area contributed by atoms with Crippen molar-refractivity contribution in [2.24, 2.45) is 0 Å². The third-order valence-corrected chi connectivity index (χ3v) is 2.58. The summed E-state index contributed by atoms with van der Waals surface area (Å²) in [5.41, 5.74) is -0.430. The van der Waals surface area contributed by atoms with Gasteiger partial charge < -0.3 is 10.2 Å². The molecule has 0 saturated heterocycles. The number of hydrogen-bond donors (Lipinski definition) is 2. The van der Waals surface area contributed by atoms with Crippen molar-refractivity contribution < 1.29 is 10.2 Å². The molecule has 0 unspecified atom stereocenters. The van der Waals surface area contributed by atoms with Gasteiger partial charge in [0.25, 0.3) is 0 Å². The van der Waals surface area contributed by atoms with E-state index in [1.165, 1.54) is 6.42 Å². The molecule has 0 radical (unpaired) electrons. The molecule has 66 valence electrons. The first kappa shape index (κ1) is 9.01. The Morgan fingerprint density at radius 3 is 2.27 bits per heavy atom. The molecule has 0 aliphatic heterocycles. The van der Waals surface area contributed by atoms with E-state index in [0.717, 1.165) is 38.5 Å². The highest BCUT2D eigenvalue weighted by atomic mass is 16.3. The summed E-state index contributed by atoms with van der Waals surface area (Å²) >= 11 is 0. The van der Waals surface area contributed by atoms with Gasteiger partial charge in [0.05, 0.1) is 5.60 Å². The fraction of sp³-hybridized carbons (Fsp3) is 1.00. The largest absolute Gasteiger partial charge is 0.396 e. The van der Waals surface area contributed by atoms with Crippen LogP contribution in [0.3, 0.4) is 0 Å². The van der Waals surface area contributed by atoms with Gasteiger partial charge in [-0.2, -0.15) is 0 Å². The van der Waals surface area contributed by atoms with Crippen molar-refractivity contribution in [2.45, 2.75) is 50.5 Å². The maximum absolute atomic E-state index is 9.89. The molecule has 0 amide bonds. The zero-order valence-electron chi connectivity index (χ0n) is 7.05. The van der Waals surface area contributed by atoms with Crippen LogP contribution in [0.1, 0.15) is 44.9 Å². The molecule has 1 aliphatic rings. The van der Waals surface area contributed by atoms with E-state index in [2.05, 4.69) is 0 Å². The summed E-state index contributed by atoms with van der Waals surface area (Å²) in [7, 11) is 0. The molecule has 2 N–H and O–H groups in total. The first-order valence-electron chi connectivity index (χ1n) is 4.60. The summed E-state index contributed by atoms with van der Waals surface area (Å²) < 4.78 is 0. The predicted molar refractivity (Wildman–Crippen MR) is 44.4 cm³/mol. The Labute approximate surface area is 68.2 Å². The summed E-state index contributed by atoms with van der Waals surface area (Å²) in [5, 5.41) is 18.5. The lowest BCUT2D eigenvalue weighted by Crippen LogP contribution is -2.31. The maximum atomic E-state index is 9.89. The molecule has 0 aromatic rings. The molecule has 1 saturated carbocycles. The van der Waals surface area contributed by atoms with Crippen LogP contribution in [-0.4, -0.2) is 22.4 Å². The second-order valence-corrected chi connectivity index (χ2v) is 3.61. The topological polar surface area (TPSA) is 40.5 Å². The zero-order valence-corrected chi connectivity index (χ0v) is 7.05. The Kier molecular flexibility index (Phi) is 3.34. The van der Waals surface area contributed by atoms with E-state index >= 15 is 0 Å². The average Bonchev–Trinajstić information content (AvgIpc) is 2.03. The Bertz CT molecular complexity index is 106. The van der Waals surface area contributed by atoms with Gasteiger partial charge in [0.2, 0.25) is 0 Å². The first-order chi connectivity index (χ1) is 5.27. The minimum absolute atomic E-state index is 0.211. The molecule has 0 spiro atoms. The van der Waals surface area contributed by atoms with E-state index < -0.39 is 5.60 Å². The molecule has 0 heterocycles. The van der Waals surface area contributed by atoms with Crippen LogP contribution in [0.4, 0.5) is 0 Å². The second kappa shape index (κ2) is 4.07. The molecule has 0 bridgehead atoms. The third-order valence-electron chi connectivity index (χ3n) is 2.58. The number of aliphatic hydroxyl groups is 2. The Morgan fingerprint density at radius 1 is 1.09 bits per heavy atom. The Morgan fingerprint density at radius 2 is 1.73 bits per heavy atom. The Balaban J connectivity index is 2.25. The third kappa shape index (κ3) is 2.80. The second-order valence-electron chi connectivity index (χ2n) is 3.61. The smallest absolute Gasteiger partial charge is 0.0648 e. The van der Waals surface area contributed by atoms with E-state index in [0.29, 0.717) is 0 Å². The summed E-state index contributed by atoms with van der Waals surface area (Å²) in [5.74, 6) is 0. The lowest BCUT2D eigenvalue weighted by atomic mass is 9.82. The molecule has 1 fully saturated rings. The normalized spacial score (nSPS) is 23.5. The van der Waals surface area contributed by atoms with E-state index in [4.69, 9.17) is 5.11 Å². The van der Waals surface area contributed by atoms with Crippen LogP contribution in [0.5, 0.6) is 0 Å². The lowest BCUT2D eigenvalue weighted by molar-refractivity contribution is -0.00866. The zero-order chi connectivity index (χ0) is 8.16. The fourth-order valence-corrected chi connectivity index (χ4v) is 1.87. The van der Waals surface area contributed by atoms with Gasteiger partial charge in [0, 0.05) is 6.61 Å². The highest BCUT2D eigenvalue weighted by Gasteiger charge is 2.27. The summed E-state index contributed by atoms with van der Waals surface area (Å²) in [4.78, 5) is 0. The van der Waals surface area contributed by atoms with Crippen LogP contribution in [0.15, 0.2) is 0 Å². The number of rotatable bonds is 3. The highest BCUT2D eigenvalue weighted by Crippen LogP contribution is 2.31.